The van der Waals surface area contributed by atoms with Crippen molar-refractivity contribution < 1.29 is 9.53 Å². The summed E-state index contributed by atoms with van der Waals surface area (Å²) >= 11 is 0. The molecule has 3 nitrogen and oxygen atoms in total. The van der Waals surface area contributed by atoms with Crippen molar-refractivity contribution in [1.82, 2.24) is 0 Å². The number of isocyanates is 1. The lowest BCUT2D eigenvalue weighted by molar-refractivity contribution is 0.192. The summed E-state index contributed by atoms with van der Waals surface area (Å²) in [6.45, 7) is 1.53. The summed E-state index contributed by atoms with van der Waals surface area (Å²) in [5, 5.41) is 0. The molecule has 0 unspecified atom stereocenters. The van der Waals surface area contributed by atoms with Gasteiger partial charge in [-0.05, 0) is 12.8 Å². The first-order valence-corrected chi connectivity index (χ1v) is 5.44. The smallest absolute Gasteiger partial charge is 0.234 e. The molecule has 0 aromatic carbocycles. The molecular formula is C11H21NO2. The Hall–Kier alpha value is -0.660. The van der Waals surface area contributed by atoms with Gasteiger partial charge in [-0.1, -0.05) is 32.1 Å². The Morgan fingerprint density at radius 3 is 2.14 bits per heavy atom. The average molecular weight is 199 g/mol. The summed E-state index contributed by atoms with van der Waals surface area (Å²) in [7, 11) is 1.74. The summed E-state index contributed by atoms with van der Waals surface area (Å²) in [6.07, 6.45) is 10.0. The Bertz CT molecular complexity index is 153. The van der Waals surface area contributed by atoms with E-state index in [2.05, 4.69) is 4.99 Å². The third-order valence-electron chi connectivity index (χ3n) is 2.18. The van der Waals surface area contributed by atoms with Gasteiger partial charge >= 0.3 is 0 Å². The average Bonchev–Trinajstić information content (AvgIpc) is 2.21. The van der Waals surface area contributed by atoms with Crippen molar-refractivity contribution in [1.29, 1.82) is 0 Å². The molecule has 0 bridgehead atoms. The van der Waals surface area contributed by atoms with E-state index in [0.717, 1.165) is 13.0 Å². The minimum atomic E-state index is 0.646. The van der Waals surface area contributed by atoms with Gasteiger partial charge in [0.2, 0.25) is 6.08 Å². The number of aliphatic imine (C=N–C) groups is 1. The zero-order valence-electron chi connectivity index (χ0n) is 9.13. The molecule has 0 aliphatic rings. The maximum Gasteiger partial charge on any atom is 0.234 e. The molecule has 0 aliphatic heterocycles. The molecule has 14 heavy (non-hydrogen) atoms. The summed E-state index contributed by atoms with van der Waals surface area (Å²) in [6, 6.07) is 0. The number of ether oxygens (including phenoxy) is 1. The Morgan fingerprint density at radius 1 is 1.00 bits per heavy atom. The summed E-state index contributed by atoms with van der Waals surface area (Å²) in [4.78, 5) is 13.2. The third kappa shape index (κ3) is 11.3. The van der Waals surface area contributed by atoms with Crippen LogP contribution in [0.4, 0.5) is 0 Å². The highest BCUT2D eigenvalue weighted by Gasteiger charge is 1.91. The zero-order chi connectivity index (χ0) is 10.5. The maximum absolute atomic E-state index is 9.74. The molecule has 0 radical (unpaired) electrons. The first-order valence-electron chi connectivity index (χ1n) is 5.44. The van der Waals surface area contributed by atoms with Gasteiger partial charge < -0.3 is 4.74 Å². The molecule has 0 aromatic heterocycles. The molecule has 0 fully saturated rings. The topological polar surface area (TPSA) is 38.7 Å². The lowest BCUT2D eigenvalue weighted by Crippen LogP contribution is -1.88. The molecule has 0 amide bonds. The van der Waals surface area contributed by atoms with Crippen molar-refractivity contribution in [3.63, 3.8) is 0 Å². The second-order valence-electron chi connectivity index (χ2n) is 3.44. The quantitative estimate of drug-likeness (QED) is 0.308. The number of nitrogens with zero attached hydrogens (tertiary/aromatic N) is 1. The van der Waals surface area contributed by atoms with Crippen molar-refractivity contribution >= 4 is 6.08 Å². The van der Waals surface area contributed by atoms with E-state index in [1.807, 2.05) is 0 Å². The normalized spacial score (nSPS) is 9.79. The standard InChI is InChI=1S/C11H21NO2/c1-14-10-8-6-4-2-3-5-7-9-12-11-13/h2-10H2,1H3. The van der Waals surface area contributed by atoms with Crippen molar-refractivity contribution in [2.24, 2.45) is 4.99 Å². The Balaban J connectivity index is 2.88. The summed E-state index contributed by atoms with van der Waals surface area (Å²) < 4.78 is 4.96. The van der Waals surface area contributed by atoms with Crippen LogP contribution >= 0.6 is 0 Å². The van der Waals surface area contributed by atoms with Gasteiger partial charge in [0.1, 0.15) is 0 Å². The van der Waals surface area contributed by atoms with Crippen LogP contribution in [0.3, 0.4) is 0 Å². The summed E-state index contributed by atoms with van der Waals surface area (Å²) in [5.41, 5.74) is 0. The predicted octanol–water partition coefficient (Wildman–Crippen LogP) is 2.70. The molecular weight excluding hydrogens is 178 g/mol. The van der Waals surface area contributed by atoms with Gasteiger partial charge in [0.05, 0.1) is 6.54 Å². The Labute approximate surface area is 86.6 Å². The fourth-order valence-electron chi connectivity index (χ4n) is 1.37. The van der Waals surface area contributed by atoms with Crippen LogP contribution in [0.1, 0.15) is 44.9 Å². The molecule has 0 saturated carbocycles. The molecule has 0 aliphatic carbocycles. The first kappa shape index (κ1) is 13.3. The van der Waals surface area contributed by atoms with Crippen LogP contribution in [-0.2, 0) is 9.53 Å². The van der Waals surface area contributed by atoms with Crippen LogP contribution in [0.15, 0.2) is 4.99 Å². The van der Waals surface area contributed by atoms with Crippen LogP contribution in [0.5, 0.6) is 0 Å². The molecule has 0 atom stereocenters. The van der Waals surface area contributed by atoms with Crippen molar-refractivity contribution in [3.8, 4) is 0 Å². The Kier molecular flexibility index (Phi) is 11.8. The highest BCUT2D eigenvalue weighted by molar-refractivity contribution is 5.32. The monoisotopic (exact) mass is 199 g/mol. The minimum absolute atomic E-state index is 0.646. The van der Waals surface area contributed by atoms with E-state index in [0.29, 0.717) is 6.54 Å². The van der Waals surface area contributed by atoms with E-state index < -0.39 is 0 Å². The van der Waals surface area contributed by atoms with E-state index in [4.69, 9.17) is 4.74 Å². The van der Waals surface area contributed by atoms with Crippen LogP contribution in [0.25, 0.3) is 0 Å². The minimum Gasteiger partial charge on any atom is -0.385 e. The van der Waals surface area contributed by atoms with Gasteiger partial charge in [-0.25, -0.2) is 9.79 Å². The summed E-state index contributed by atoms with van der Waals surface area (Å²) in [5.74, 6) is 0. The number of methoxy groups -OCH3 is 1. The number of unbranched alkanes of at least 4 members (excludes halogenated alkanes) is 6. The second kappa shape index (κ2) is 12.3. The number of rotatable bonds is 10. The van der Waals surface area contributed by atoms with Crippen LogP contribution < -0.4 is 0 Å². The van der Waals surface area contributed by atoms with Gasteiger partial charge in [-0.3, -0.25) is 0 Å². The van der Waals surface area contributed by atoms with Gasteiger partial charge in [0, 0.05) is 13.7 Å². The highest BCUT2D eigenvalue weighted by atomic mass is 16.5. The third-order valence-corrected chi connectivity index (χ3v) is 2.18. The molecule has 0 aromatic rings. The molecule has 0 N–H and O–H groups in total. The number of carbonyl (C=O) groups excluding carboxylic acids is 1. The molecule has 82 valence electrons. The van der Waals surface area contributed by atoms with E-state index in [9.17, 15) is 4.79 Å². The molecule has 0 spiro atoms. The van der Waals surface area contributed by atoms with Gasteiger partial charge in [0.25, 0.3) is 0 Å². The van der Waals surface area contributed by atoms with Crippen molar-refractivity contribution in [3.05, 3.63) is 0 Å². The lowest BCUT2D eigenvalue weighted by atomic mass is 10.1. The highest BCUT2D eigenvalue weighted by Crippen LogP contribution is 2.06. The van der Waals surface area contributed by atoms with Crippen LogP contribution in [0.2, 0.25) is 0 Å². The zero-order valence-corrected chi connectivity index (χ0v) is 9.13. The Morgan fingerprint density at radius 2 is 1.57 bits per heavy atom. The first-order chi connectivity index (χ1) is 6.91. The number of hydrogen-bond donors (Lipinski definition) is 0. The van der Waals surface area contributed by atoms with Crippen molar-refractivity contribution in [2.45, 2.75) is 44.9 Å². The van der Waals surface area contributed by atoms with E-state index >= 15 is 0 Å². The molecule has 0 heterocycles. The second-order valence-corrected chi connectivity index (χ2v) is 3.44. The predicted molar refractivity (Wildman–Crippen MR) is 57.2 cm³/mol. The van der Waals surface area contributed by atoms with Gasteiger partial charge in [-0.15, -0.1) is 0 Å². The van der Waals surface area contributed by atoms with E-state index in [-0.39, 0.29) is 0 Å². The lowest BCUT2D eigenvalue weighted by Gasteiger charge is -2.00. The maximum atomic E-state index is 9.74. The van der Waals surface area contributed by atoms with Gasteiger partial charge in [0.15, 0.2) is 0 Å². The molecule has 3 heteroatoms. The molecule has 0 saturated heterocycles. The van der Waals surface area contributed by atoms with E-state index in [1.54, 1.807) is 13.2 Å². The van der Waals surface area contributed by atoms with E-state index in [1.165, 1.54) is 38.5 Å². The fraction of sp³-hybridized carbons (Fsp3) is 0.909. The SMILES string of the molecule is COCCCCCCCCCN=C=O. The largest absolute Gasteiger partial charge is 0.385 e. The van der Waals surface area contributed by atoms with Crippen LogP contribution in [0, 0.1) is 0 Å². The fourth-order valence-corrected chi connectivity index (χ4v) is 1.37. The number of hydrogen-bond acceptors (Lipinski definition) is 3. The van der Waals surface area contributed by atoms with Gasteiger partial charge in [-0.2, -0.15) is 0 Å². The van der Waals surface area contributed by atoms with Crippen molar-refractivity contribution in [2.75, 3.05) is 20.3 Å². The molecule has 0 rings (SSSR count). The van der Waals surface area contributed by atoms with Crippen LogP contribution in [-0.4, -0.2) is 26.3 Å².